The van der Waals surface area contributed by atoms with Crippen molar-refractivity contribution in [1.82, 2.24) is 0 Å². The second kappa shape index (κ2) is 20.1. The third kappa shape index (κ3) is 12.0. The Morgan fingerprint density at radius 2 is 1.60 bits per heavy atom. The van der Waals surface area contributed by atoms with Crippen molar-refractivity contribution in [2.45, 2.75) is 173 Å². The van der Waals surface area contributed by atoms with Crippen molar-refractivity contribution >= 4 is 8.32 Å². The van der Waals surface area contributed by atoms with E-state index >= 15 is 0 Å². The van der Waals surface area contributed by atoms with Gasteiger partial charge in [0.2, 0.25) is 0 Å². The topological polar surface area (TPSA) is 55.4 Å². The summed E-state index contributed by atoms with van der Waals surface area (Å²) in [4.78, 5) is 0. The molecule has 0 spiro atoms. The van der Waals surface area contributed by atoms with Crippen LogP contribution in [0, 0.1) is 29.6 Å². The number of hydrogen-bond donors (Lipinski definition) is 0. The van der Waals surface area contributed by atoms with Crippen molar-refractivity contribution in [3.63, 3.8) is 0 Å². The van der Waals surface area contributed by atoms with Gasteiger partial charge in [-0.15, -0.1) is 0 Å². The fourth-order valence-corrected chi connectivity index (χ4v) is 10.3. The minimum absolute atomic E-state index is 0.0982. The fraction of sp³-hybridized carbons (Fsp3) is 0.783. The Morgan fingerprint density at radius 3 is 2.30 bits per heavy atom. The van der Waals surface area contributed by atoms with Gasteiger partial charge in [-0.3, -0.25) is 0 Å². The normalized spacial score (nSPS) is 29.5. The second-order valence-corrected chi connectivity index (χ2v) is 23.4. The molecule has 0 N–H and O–H groups in total. The van der Waals surface area contributed by atoms with Crippen molar-refractivity contribution in [3.8, 4) is 0 Å². The van der Waals surface area contributed by atoms with Gasteiger partial charge in [0.25, 0.3) is 0 Å². The molecule has 5 aliphatic rings. The summed E-state index contributed by atoms with van der Waals surface area (Å²) in [5.41, 5.74) is 2.86. The van der Waals surface area contributed by atoms with E-state index in [1.165, 1.54) is 50.5 Å². The Kier molecular flexibility index (Phi) is 15.6. The van der Waals surface area contributed by atoms with Crippen LogP contribution >= 0.6 is 0 Å². The van der Waals surface area contributed by atoms with Crippen LogP contribution in [0.25, 0.3) is 0 Å². The van der Waals surface area contributed by atoms with Gasteiger partial charge >= 0.3 is 0 Å². The molecule has 53 heavy (non-hydrogen) atoms. The van der Waals surface area contributed by atoms with Gasteiger partial charge in [-0.2, -0.15) is 0 Å². The van der Waals surface area contributed by atoms with Crippen LogP contribution in [0.1, 0.15) is 135 Å². The van der Waals surface area contributed by atoms with Crippen LogP contribution in [0.3, 0.4) is 0 Å². The van der Waals surface area contributed by atoms with E-state index in [0.29, 0.717) is 24.4 Å². The van der Waals surface area contributed by atoms with E-state index in [-0.39, 0.29) is 29.6 Å². The summed E-state index contributed by atoms with van der Waals surface area (Å²) in [5, 5.41) is 0.191. The molecule has 2 heterocycles. The van der Waals surface area contributed by atoms with Gasteiger partial charge in [0.15, 0.2) is 20.9 Å². The lowest BCUT2D eigenvalue weighted by Gasteiger charge is -2.37. The van der Waals surface area contributed by atoms with Crippen LogP contribution in [-0.2, 0) is 34.7 Å². The molecule has 0 aromatic heterocycles. The Labute approximate surface area is 324 Å². The number of rotatable bonds is 18. The molecule has 2 aliphatic heterocycles. The monoisotopic (exact) mass is 751 g/mol. The number of unbranched alkanes of at least 4 members (excludes halogenated alkanes) is 1. The third-order valence-electron chi connectivity index (χ3n) is 13.6. The first kappa shape index (κ1) is 41.2. The van der Waals surface area contributed by atoms with Gasteiger partial charge in [0.1, 0.15) is 5.76 Å². The maximum absolute atomic E-state index is 7.01. The molecule has 0 bridgehead atoms. The second-order valence-electron chi connectivity index (χ2n) is 18.6. The summed E-state index contributed by atoms with van der Waals surface area (Å²) in [7, 11) is -1.89. The summed E-state index contributed by atoms with van der Waals surface area (Å²) < 4.78 is 39.5. The molecule has 1 aromatic rings. The van der Waals surface area contributed by atoms with Crippen molar-refractivity contribution in [1.29, 1.82) is 0 Å². The van der Waals surface area contributed by atoms with Gasteiger partial charge in [-0.05, 0) is 112 Å². The molecule has 6 rings (SSSR count). The van der Waals surface area contributed by atoms with Crippen LogP contribution in [0.2, 0.25) is 18.1 Å². The SMILES string of the molecule is CC(C)(C)[Si](C)(C)OCC(CCCCOCc1ccccc1)C1=CC2C(C1)C[C@@H](OC1CCCCO1)[C@@H]2C(=CCC1CCCCC1)OC1CCCCO1. The Balaban J connectivity index is 1.20. The third-order valence-corrected chi connectivity index (χ3v) is 18.1. The van der Waals surface area contributed by atoms with Gasteiger partial charge in [-0.25, -0.2) is 0 Å². The van der Waals surface area contributed by atoms with Crippen molar-refractivity contribution in [2.24, 2.45) is 29.6 Å². The number of benzene rings is 1. The van der Waals surface area contributed by atoms with E-state index in [4.69, 9.17) is 28.1 Å². The van der Waals surface area contributed by atoms with Crippen LogP contribution in [-0.4, -0.2) is 53.4 Å². The van der Waals surface area contributed by atoms with Gasteiger partial charge in [-0.1, -0.05) is 101 Å². The predicted molar refractivity (Wildman–Crippen MR) is 217 cm³/mol. The van der Waals surface area contributed by atoms with Gasteiger partial charge in [0, 0.05) is 38.1 Å². The molecular weight excluding hydrogens is 677 g/mol. The zero-order chi connectivity index (χ0) is 37.1. The molecular formula is C46H74O6Si. The minimum Gasteiger partial charge on any atom is -0.469 e. The molecule has 2 saturated carbocycles. The molecule has 7 atom stereocenters. The van der Waals surface area contributed by atoms with E-state index in [0.717, 1.165) is 102 Å². The summed E-state index contributed by atoms with van der Waals surface area (Å²) in [6.45, 7) is 15.8. The van der Waals surface area contributed by atoms with Crippen LogP contribution in [0.4, 0.5) is 0 Å². The molecule has 0 radical (unpaired) electrons. The molecule has 7 heteroatoms. The lowest BCUT2D eigenvalue weighted by atomic mass is 9.85. The van der Waals surface area contributed by atoms with E-state index < -0.39 is 8.32 Å². The quantitative estimate of drug-likeness (QED) is 0.0644. The fourth-order valence-electron chi connectivity index (χ4n) is 9.23. The number of hydrogen-bond acceptors (Lipinski definition) is 6. The Morgan fingerprint density at radius 1 is 0.887 bits per heavy atom. The lowest BCUT2D eigenvalue weighted by Crippen LogP contribution is -2.42. The van der Waals surface area contributed by atoms with E-state index in [2.05, 4.69) is 76.3 Å². The van der Waals surface area contributed by atoms with Crippen LogP contribution in [0.5, 0.6) is 0 Å². The number of fused-ring (bicyclic) bond motifs is 1. The molecule has 0 amide bonds. The largest absolute Gasteiger partial charge is 0.469 e. The molecule has 4 fully saturated rings. The van der Waals surface area contributed by atoms with E-state index in [1.54, 1.807) is 5.57 Å². The van der Waals surface area contributed by atoms with Gasteiger partial charge < -0.3 is 28.1 Å². The molecule has 5 unspecified atom stereocenters. The number of ether oxygens (including phenoxy) is 5. The Bertz CT molecular complexity index is 1270. The molecule has 1 aromatic carbocycles. The summed E-state index contributed by atoms with van der Waals surface area (Å²) in [5.74, 6) is 3.51. The first-order chi connectivity index (χ1) is 25.7. The van der Waals surface area contributed by atoms with Crippen LogP contribution in [0.15, 0.2) is 53.8 Å². The summed E-state index contributed by atoms with van der Waals surface area (Å²) in [6, 6.07) is 10.5. The highest BCUT2D eigenvalue weighted by atomic mass is 28.4. The summed E-state index contributed by atoms with van der Waals surface area (Å²) >= 11 is 0. The molecule has 2 saturated heterocycles. The highest BCUT2D eigenvalue weighted by Crippen LogP contribution is 2.53. The molecule has 3 aliphatic carbocycles. The van der Waals surface area contributed by atoms with Crippen molar-refractivity contribution < 1.29 is 28.1 Å². The Hall–Kier alpha value is -1.48. The molecule has 298 valence electrons. The average molecular weight is 751 g/mol. The van der Waals surface area contributed by atoms with Gasteiger partial charge in [0.05, 0.1) is 19.3 Å². The zero-order valence-electron chi connectivity index (χ0n) is 34.2. The highest BCUT2D eigenvalue weighted by molar-refractivity contribution is 6.74. The van der Waals surface area contributed by atoms with Crippen LogP contribution < -0.4 is 0 Å². The first-order valence-electron chi connectivity index (χ1n) is 21.9. The maximum Gasteiger partial charge on any atom is 0.199 e. The highest BCUT2D eigenvalue weighted by Gasteiger charge is 2.50. The summed E-state index contributed by atoms with van der Waals surface area (Å²) in [6.07, 6.45) is 25.1. The first-order valence-corrected chi connectivity index (χ1v) is 24.8. The predicted octanol–water partition coefficient (Wildman–Crippen LogP) is 11.9. The van der Waals surface area contributed by atoms with Crippen molar-refractivity contribution in [3.05, 3.63) is 59.4 Å². The van der Waals surface area contributed by atoms with Crippen molar-refractivity contribution in [2.75, 3.05) is 26.4 Å². The average Bonchev–Trinajstić information content (AvgIpc) is 3.71. The lowest BCUT2D eigenvalue weighted by molar-refractivity contribution is -0.200. The minimum atomic E-state index is -1.89. The zero-order valence-corrected chi connectivity index (χ0v) is 35.2. The maximum atomic E-state index is 7.01. The standard InChI is InChI=1S/C46H74O6Si/c1-46(2,3)53(4,5)50-34-37(22-12-15-27-47-33-36-20-10-7-11-21-36)38-30-39-32-42(52-44-24-14-17-29-49-44)45(40(39)31-38)41(51-43-23-13-16-28-48-43)26-25-35-18-8-6-9-19-35/h7,10-11,20-21,26,31,35,37,39-40,42-45H,6,8-9,12-19,22-25,27-30,32-34H2,1-5H3/t37?,39?,40?,42-,43?,44?,45+/m1/s1. The van der Waals surface area contributed by atoms with E-state index in [1.807, 2.05) is 0 Å². The molecule has 6 nitrogen and oxygen atoms in total. The number of allylic oxidation sites excluding steroid dienone is 2. The van der Waals surface area contributed by atoms with E-state index in [9.17, 15) is 0 Å². The smallest absolute Gasteiger partial charge is 0.199 e.